The average molecular weight is 550 g/mol. The predicted octanol–water partition coefficient (Wildman–Crippen LogP) is 8.74. The Balaban J connectivity index is 1.44. The number of nitrogens with zero attached hydrogens (tertiary/aromatic N) is 1. The second-order valence-electron chi connectivity index (χ2n) is 12.5. The standard InChI is InChI=1S/C38H36BNO2/c1-37(2)38(3,4)42-39(41-37)29-22-23-34(40-25-29)36-31-20-12-11-19-30(31)35(27-16-9-6-10-17-27)33-24-28(18-13-21-32(33)36)26-14-7-5-8-15-26/h5-12,14-17,19-20,22-25H,13,18,21H2,1-4H3. The Bertz CT molecular complexity index is 1780. The lowest BCUT2D eigenvalue weighted by atomic mass is 9.79. The molecule has 0 spiro atoms. The van der Waals surface area contributed by atoms with Gasteiger partial charge in [0.25, 0.3) is 0 Å². The van der Waals surface area contributed by atoms with Crippen LogP contribution in [-0.4, -0.2) is 23.3 Å². The molecular formula is C38H36BNO2. The third-order valence-corrected chi connectivity index (χ3v) is 9.33. The van der Waals surface area contributed by atoms with Gasteiger partial charge in [0.1, 0.15) is 0 Å². The summed E-state index contributed by atoms with van der Waals surface area (Å²) in [6.45, 7) is 8.34. The van der Waals surface area contributed by atoms with Gasteiger partial charge < -0.3 is 9.31 Å². The van der Waals surface area contributed by atoms with Gasteiger partial charge in [-0.25, -0.2) is 0 Å². The van der Waals surface area contributed by atoms with Crippen LogP contribution in [0.4, 0.5) is 0 Å². The number of hydrogen-bond acceptors (Lipinski definition) is 3. The SMILES string of the molecule is CC1(C)OB(c2ccc(-c3c4c(c(-c5ccccc5)c5ccccc35)C=C(c3ccccc3)CCC4)nc2)OC1(C)C. The highest BCUT2D eigenvalue weighted by molar-refractivity contribution is 6.62. The Hall–Kier alpha value is -3.99. The first-order valence-electron chi connectivity index (χ1n) is 15.0. The van der Waals surface area contributed by atoms with Gasteiger partial charge in [-0.15, -0.1) is 0 Å². The number of fused-ring (bicyclic) bond motifs is 2. The maximum atomic E-state index is 6.32. The van der Waals surface area contributed by atoms with Crippen molar-refractivity contribution >= 4 is 35.0 Å². The number of benzene rings is 4. The van der Waals surface area contributed by atoms with E-state index >= 15 is 0 Å². The fourth-order valence-corrected chi connectivity index (χ4v) is 6.39. The maximum absolute atomic E-state index is 6.32. The van der Waals surface area contributed by atoms with Gasteiger partial charge in [-0.2, -0.15) is 0 Å². The van der Waals surface area contributed by atoms with Gasteiger partial charge in [0.05, 0.1) is 16.9 Å². The molecule has 4 heteroatoms. The minimum Gasteiger partial charge on any atom is -0.399 e. The minimum absolute atomic E-state index is 0.389. The van der Waals surface area contributed by atoms with Crippen molar-refractivity contribution in [3.8, 4) is 22.4 Å². The molecule has 3 nitrogen and oxygen atoms in total. The van der Waals surface area contributed by atoms with Crippen LogP contribution in [0.5, 0.6) is 0 Å². The molecule has 1 fully saturated rings. The van der Waals surface area contributed by atoms with Crippen LogP contribution in [0.3, 0.4) is 0 Å². The quantitative estimate of drug-likeness (QED) is 0.210. The van der Waals surface area contributed by atoms with Gasteiger partial charge in [0.15, 0.2) is 0 Å². The van der Waals surface area contributed by atoms with Gasteiger partial charge in [-0.3, -0.25) is 4.98 Å². The molecule has 42 heavy (non-hydrogen) atoms. The molecule has 1 aliphatic carbocycles. The third-order valence-electron chi connectivity index (χ3n) is 9.33. The topological polar surface area (TPSA) is 31.4 Å². The predicted molar refractivity (Wildman–Crippen MR) is 176 cm³/mol. The number of allylic oxidation sites excluding steroid dienone is 1. The van der Waals surface area contributed by atoms with Crippen LogP contribution in [-0.2, 0) is 15.7 Å². The zero-order valence-electron chi connectivity index (χ0n) is 24.9. The van der Waals surface area contributed by atoms with E-state index in [4.69, 9.17) is 14.3 Å². The van der Waals surface area contributed by atoms with E-state index in [0.29, 0.717) is 0 Å². The van der Waals surface area contributed by atoms with Crippen molar-refractivity contribution < 1.29 is 9.31 Å². The molecule has 7 rings (SSSR count). The summed E-state index contributed by atoms with van der Waals surface area (Å²) in [5.74, 6) is 0. The summed E-state index contributed by atoms with van der Waals surface area (Å²) < 4.78 is 12.6. The molecule has 0 unspecified atom stereocenters. The lowest BCUT2D eigenvalue weighted by molar-refractivity contribution is 0.00578. The van der Waals surface area contributed by atoms with Crippen LogP contribution in [0.15, 0.2) is 103 Å². The van der Waals surface area contributed by atoms with Crippen molar-refractivity contribution in [2.24, 2.45) is 0 Å². The second kappa shape index (κ2) is 10.4. The number of pyridine rings is 1. The molecule has 1 saturated heterocycles. The van der Waals surface area contributed by atoms with Gasteiger partial charge in [-0.05, 0) is 97.2 Å². The highest BCUT2D eigenvalue weighted by Crippen LogP contribution is 2.45. The molecule has 2 heterocycles. The van der Waals surface area contributed by atoms with Crippen molar-refractivity contribution in [2.45, 2.75) is 58.2 Å². The van der Waals surface area contributed by atoms with Crippen molar-refractivity contribution in [3.05, 3.63) is 120 Å². The fourth-order valence-electron chi connectivity index (χ4n) is 6.39. The smallest absolute Gasteiger partial charge is 0.399 e. The Kier molecular flexibility index (Phi) is 6.64. The molecule has 5 aromatic rings. The number of hydrogen-bond donors (Lipinski definition) is 0. The summed E-state index contributed by atoms with van der Waals surface area (Å²) >= 11 is 0. The van der Waals surface area contributed by atoms with E-state index in [1.54, 1.807) is 0 Å². The number of aromatic nitrogens is 1. The zero-order chi connectivity index (χ0) is 28.9. The molecule has 0 amide bonds. The van der Waals surface area contributed by atoms with E-state index in [2.05, 4.69) is 131 Å². The first-order chi connectivity index (χ1) is 20.3. The Morgan fingerprint density at radius 1 is 0.643 bits per heavy atom. The number of rotatable bonds is 4. The summed E-state index contributed by atoms with van der Waals surface area (Å²) in [5, 5.41) is 2.49. The summed E-state index contributed by atoms with van der Waals surface area (Å²) in [6.07, 6.45) is 7.50. The summed E-state index contributed by atoms with van der Waals surface area (Å²) in [4.78, 5) is 5.08. The third kappa shape index (κ3) is 4.60. The highest BCUT2D eigenvalue weighted by Gasteiger charge is 2.51. The molecular weight excluding hydrogens is 513 g/mol. The summed E-state index contributed by atoms with van der Waals surface area (Å²) in [5.41, 5.74) is 10.3. The van der Waals surface area contributed by atoms with E-state index in [9.17, 15) is 0 Å². The molecule has 0 atom stereocenters. The van der Waals surface area contributed by atoms with Gasteiger partial charge in [0, 0.05) is 17.2 Å². The van der Waals surface area contributed by atoms with Gasteiger partial charge in [0.2, 0.25) is 0 Å². The summed E-state index contributed by atoms with van der Waals surface area (Å²) in [6, 6.07) is 34.8. The maximum Gasteiger partial charge on any atom is 0.496 e. The second-order valence-corrected chi connectivity index (χ2v) is 12.5. The zero-order valence-corrected chi connectivity index (χ0v) is 24.9. The molecule has 2 aliphatic rings. The molecule has 208 valence electrons. The van der Waals surface area contributed by atoms with Crippen molar-refractivity contribution in [1.82, 2.24) is 4.98 Å². The summed E-state index contributed by atoms with van der Waals surface area (Å²) in [7, 11) is -0.428. The monoisotopic (exact) mass is 549 g/mol. The minimum atomic E-state index is -0.428. The van der Waals surface area contributed by atoms with E-state index in [-0.39, 0.29) is 11.2 Å². The Morgan fingerprint density at radius 3 is 1.86 bits per heavy atom. The molecule has 0 radical (unpaired) electrons. The van der Waals surface area contributed by atoms with Crippen LogP contribution in [0.2, 0.25) is 0 Å². The normalized spacial score (nSPS) is 17.5. The molecule has 1 aliphatic heterocycles. The lowest BCUT2D eigenvalue weighted by Crippen LogP contribution is -2.41. The van der Waals surface area contributed by atoms with Crippen LogP contribution in [0.1, 0.15) is 57.2 Å². The first kappa shape index (κ1) is 26.9. The lowest BCUT2D eigenvalue weighted by Gasteiger charge is -2.32. The van der Waals surface area contributed by atoms with Crippen molar-refractivity contribution in [2.75, 3.05) is 0 Å². The molecule has 0 saturated carbocycles. The van der Waals surface area contributed by atoms with E-state index < -0.39 is 7.12 Å². The molecule has 0 N–H and O–H groups in total. The Labute approximate surface area is 249 Å². The van der Waals surface area contributed by atoms with Crippen LogP contribution in [0.25, 0.3) is 44.8 Å². The van der Waals surface area contributed by atoms with Crippen LogP contribution >= 0.6 is 0 Å². The average Bonchev–Trinajstić information content (AvgIpc) is 3.12. The first-order valence-corrected chi connectivity index (χ1v) is 15.0. The van der Waals surface area contributed by atoms with E-state index in [0.717, 1.165) is 30.4 Å². The van der Waals surface area contributed by atoms with Crippen molar-refractivity contribution in [1.29, 1.82) is 0 Å². The highest BCUT2D eigenvalue weighted by atomic mass is 16.7. The Morgan fingerprint density at radius 2 is 1.24 bits per heavy atom. The fraction of sp³-hybridized carbons (Fsp3) is 0.237. The van der Waals surface area contributed by atoms with Crippen LogP contribution in [0, 0.1) is 0 Å². The van der Waals surface area contributed by atoms with E-state index in [1.165, 1.54) is 49.7 Å². The van der Waals surface area contributed by atoms with Gasteiger partial charge in [-0.1, -0.05) is 97.1 Å². The molecule has 0 bridgehead atoms. The largest absolute Gasteiger partial charge is 0.496 e. The van der Waals surface area contributed by atoms with Crippen LogP contribution < -0.4 is 5.46 Å². The molecule has 1 aromatic heterocycles. The molecule has 4 aromatic carbocycles. The van der Waals surface area contributed by atoms with Crippen molar-refractivity contribution in [3.63, 3.8) is 0 Å². The van der Waals surface area contributed by atoms with E-state index in [1.807, 2.05) is 6.20 Å². The van der Waals surface area contributed by atoms with Gasteiger partial charge >= 0.3 is 7.12 Å².